The minimum atomic E-state index is 0.541. The van der Waals surface area contributed by atoms with Crippen LogP contribution in [0.15, 0.2) is 200 Å². The highest BCUT2D eigenvalue weighted by molar-refractivity contribution is 5.99. The number of benzene rings is 10. The Labute approximate surface area is 793 Å². The molecule has 5 heterocycles. The fraction of sp³-hybridized carbons (Fsp3) is 0.409. The Morgan fingerprint density at radius 3 is 0.841 bits per heavy atom. The van der Waals surface area contributed by atoms with Crippen molar-refractivity contribution in [2.75, 3.05) is 0 Å². The molecule has 0 amide bonds. The maximum Gasteiger partial charge on any atom is 0.220 e. The van der Waals surface area contributed by atoms with Gasteiger partial charge in [-0.05, 0) is 345 Å². The Hall–Kier alpha value is -10.8. The lowest BCUT2D eigenvalue weighted by Crippen LogP contribution is -2.35. The van der Waals surface area contributed by atoms with E-state index in [4.69, 9.17) is 0 Å². The molecule has 0 N–H and O–H groups in total. The average Bonchev–Trinajstić information content (AvgIpc) is 1.18. The van der Waals surface area contributed by atoms with Crippen LogP contribution < -0.4 is 22.8 Å². The average molecular weight is 1750 g/mol. The van der Waals surface area contributed by atoms with Crippen molar-refractivity contribution in [3.05, 3.63) is 323 Å². The molecule has 10 aromatic carbocycles. The second-order valence-electron chi connectivity index (χ2n) is 41.5. The number of nitrogens with zero attached hydrogens (tertiary/aromatic N) is 5. The summed E-state index contributed by atoms with van der Waals surface area (Å²) in [4.78, 5) is 0. The van der Waals surface area contributed by atoms with Crippen LogP contribution in [0.3, 0.4) is 0 Å². The Bertz CT molecular complexity index is 6810. The maximum atomic E-state index is 2.47. The molecule has 5 nitrogen and oxygen atoms in total. The molecule has 5 fully saturated rings. The number of hydrogen-bond donors (Lipinski definition) is 0. The number of rotatable bonds is 14. The standard InChI is InChI=1S/C27H34N.C26H32N.2C25H30N.C24H28N/c1-6-20-15-21(7-2)19(4)26(16-20)27-25-13-12-23(22-10-8-9-11-22)17-24(25)14-18(3)28(27)5;1-17(2)21-11-10-18(3)25(16-21)26-24-13-12-22(20-8-6-7-9-20)15-23(24)14-19(4)27(26)5;1-16-12-17(2)19(4)24(13-16)25-23-11-10-21(20-8-6-7-9-20)15-22(23)14-18(3)26(25)5;1-5-19-11-10-17(2)24(15-19)25-23-13-12-21(20-8-6-7-9-20)16-22(23)14-18(3)26(25)4;1-16-9-10-17(2)23(13-16)24-22-12-11-20(19-7-5-6-8-19)15-21(22)14-18(3)25(24)4/h12-17,22H,6-11H2,1-5H3;10-17,20H,6-9H2,1-5H3;10-15,20H,6-9H2,1-5H3;10-16,20H,5-9H2,1-4H3;9-15,19H,5-8H2,1-4H3/q5*+1. The monoisotopic (exact) mass is 1750 g/mol. The molecular weight excluding hydrogens is 1600 g/mol. The normalized spacial score (nSPS) is 15.1. The minimum Gasteiger partial charge on any atom is -0.198 e. The molecule has 5 aromatic heterocycles. The molecule has 0 spiro atoms. The fourth-order valence-corrected chi connectivity index (χ4v) is 23.5. The second kappa shape index (κ2) is 41.0. The van der Waals surface area contributed by atoms with E-state index in [2.05, 4.69) is 383 Å². The van der Waals surface area contributed by atoms with Gasteiger partial charge in [-0.2, -0.15) is 22.8 Å². The number of aromatic nitrogens is 5. The topological polar surface area (TPSA) is 19.4 Å². The van der Waals surface area contributed by atoms with Gasteiger partial charge in [0.25, 0.3) is 0 Å². The Kier molecular flexibility index (Phi) is 29.3. The van der Waals surface area contributed by atoms with Gasteiger partial charge in [0.1, 0.15) is 35.2 Å². The molecule has 15 aromatic rings. The SMILES string of the molecule is CCc1cc(CC)c(C)c(-c2c3ccc(C4CCCC4)cc3cc(C)[n+]2C)c1.CCc1ccc(C)c(-c2c3ccc(C4CCCC4)cc3cc(C)[n+]2C)c1.Cc1cc(C)c(C)c(-c2c3ccc(C4CCCC4)cc3cc(C)[n+]2C)c1.Cc1ccc(C(C)C)cc1-c1c2ccc(C3CCCC3)cc2cc(C)[n+]1C.Cc1ccc(C)c(-c2c3ccc(C4CCCC4)cc3cc(C)[n+]2C)c1. The molecule has 0 atom stereocenters. The van der Waals surface area contributed by atoms with Crippen molar-refractivity contribution in [3.8, 4) is 56.3 Å². The first-order valence-electron chi connectivity index (χ1n) is 51.2. The third-order valence-electron chi connectivity index (χ3n) is 32.4. The van der Waals surface area contributed by atoms with Gasteiger partial charge < -0.3 is 0 Å². The largest absolute Gasteiger partial charge is 0.220 e. The highest BCUT2D eigenvalue weighted by Gasteiger charge is 2.31. The van der Waals surface area contributed by atoms with Crippen LogP contribution in [0.5, 0.6) is 0 Å². The number of aryl methyl sites for hydroxylation is 14. The Morgan fingerprint density at radius 2 is 0.523 bits per heavy atom. The molecule has 5 heteroatoms. The van der Waals surface area contributed by atoms with Crippen molar-refractivity contribution in [1.29, 1.82) is 0 Å². The highest BCUT2D eigenvalue weighted by Crippen LogP contribution is 2.45. The van der Waals surface area contributed by atoms with E-state index in [1.54, 1.807) is 0 Å². The smallest absolute Gasteiger partial charge is 0.198 e. The highest BCUT2D eigenvalue weighted by atomic mass is 15.0. The minimum absolute atomic E-state index is 0.541. The second-order valence-corrected chi connectivity index (χ2v) is 41.5. The number of fused-ring (bicyclic) bond motifs is 5. The first-order chi connectivity index (χ1) is 63.6. The predicted molar refractivity (Wildman–Crippen MR) is 563 cm³/mol. The zero-order chi connectivity index (χ0) is 93.2. The summed E-state index contributed by atoms with van der Waals surface area (Å²) in [6, 6.07) is 78.0. The van der Waals surface area contributed by atoms with Crippen molar-refractivity contribution in [3.63, 3.8) is 0 Å². The molecule has 5 aliphatic rings. The van der Waals surface area contributed by atoms with E-state index < -0.39 is 0 Å². The van der Waals surface area contributed by atoms with Crippen molar-refractivity contribution < 1.29 is 22.8 Å². The van der Waals surface area contributed by atoms with Gasteiger partial charge in [0.2, 0.25) is 28.5 Å². The van der Waals surface area contributed by atoms with E-state index >= 15 is 0 Å². The molecule has 132 heavy (non-hydrogen) atoms. The molecule has 0 bridgehead atoms. The lowest BCUT2D eigenvalue weighted by Gasteiger charge is -2.16. The maximum absolute atomic E-state index is 2.47. The number of pyridine rings is 5. The molecular formula is C127H154N5+5. The zero-order valence-electron chi connectivity index (χ0n) is 85.0. The van der Waals surface area contributed by atoms with Crippen molar-refractivity contribution in [2.24, 2.45) is 35.2 Å². The van der Waals surface area contributed by atoms with Gasteiger partial charge in [0.15, 0.2) is 28.5 Å². The molecule has 0 radical (unpaired) electrons. The van der Waals surface area contributed by atoms with E-state index in [0.717, 1.165) is 48.9 Å². The third kappa shape index (κ3) is 19.8. The van der Waals surface area contributed by atoms with E-state index in [1.165, 1.54) is 362 Å². The van der Waals surface area contributed by atoms with Crippen molar-refractivity contribution >= 4 is 53.9 Å². The molecule has 682 valence electrons. The molecule has 20 rings (SSSR count). The first-order valence-corrected chi connectivity index (χ1v) is 51.2. The van der Waals surface area contributed by atoms with Crippen LogP contribution in [0, 0.1) is 90.0 Å². The molecule has 0 aliphatic heterocycles. The van der Waals surface area contributed by atoms with E-state index in [9.17, 15) is 0 Å². The summed E-state index contributed by atoms with van der Waals surface area (Å²) in [5.74, 6) is 4.36. The summed E-state index contributed by atoms with van der Waals surface area (Å²) in [6.07, 6.45) is 30.7. The molecule has 5 saturated carbocycles. The lowest BCUT2D eigenvalue weighted by atomic mass is 9.90. The van der Waals surface area contributed by atoms with Gasteiger partial charge in [0, 0.05) is 81.6 Å². The van der Waals surface area contributed by atoms with Crippen LogP contribution in [0.1, 0.15) is 322 Å². The molecule has 5 aliphatic carbocycles. The summed E-state index contributed by atoms with van der Waals surface area (Å²) < 4.78 is 11.8. The van der Waals surface area contributed by atoms with Crippen LogP contribution in [-0.2, 0) is 54.5 Å². The first kappa shape index (κ1) is 94.4. The van der Waals surface area contributed by atoms with Gasteiger partial charge in [0.05, 0.1) is 38.1 Å². The predicted octanol–water partition coefficient (Wildman–Crippen LogP) is 31.8. The van der Waals surface area contributed by atoms with Gasteiger partial charge in [-0.3, -0.25) is 0 Å². The van der Waals surface area contributed by atoms with Gasteiger partial charge in [-0.15, -0.1) is 0 Å². The van der Waals surface area contributed by atoms with Gasteiger partial charge >= 0.3 is 0 Å². The van der Waals surface area contributed by atoms with Crippen LogP contribution in [-0.4, -0.2) is 0 Å². The summed E-state index contributed by atoms with van der Waals surface area (Å²) in [5, 5.41) is 13.8. The van der Waals surface area contributed by atoms with Crippen LogP contribution in [0.4, 0.5) is 0 Å². The van der Waals surface area contributed by atoms with E-state index in [-0.39, 0.29) is 0 Å². The number of hydrogen-bond acceptors (Lipinski definition) is 0. The van der Waals surface area contributed by atoms with E-state index in [1.807, 2.05) is 0 Å². The fourth-order valence-electron chi connectivity index (χ4n) is 23.5. The summed E-state index contributed by atoms with van der Waals surface area (Å²) in [7, 11) is 11.0. The van der Waals surface area contributed by atoms with Crippen molar-refractivity contribution in [2.45, 2.75) is 308 Å². The van der Waals surface area contributed by atoms with Crippen LogP contribution in [0.2, 0.25) is 0 Å². The van der Waals surface area contributed by atoms with Crippen molar-refractivity contribution in [1.82, 2.24) is 0 Å². The van der Waals surface area contributed by atoms with E-state index in [0.29, 0.717) is 5.92 Å². The Morgan fingerprint density at radius 1 is 0.242 bits per heavy atom. The summed E-state index contributed by atoms with van der Waals surface area (Å²) in [5.41, 5.74) is 44.5. The quantitative estimate of drug-likeness (QED) is 0.0967. The Balaban J connectivity index is 0.000000120. The molecule has 0 saturated heterocycles. The lowest BCUT2D eigenvalue weighted by molar-refractivity contribution is -0.665. The zero-order valence-corrected chi connectivity index (χ0v) is 85.0. The molecule has 0 unspecified atom stereocenters. The van der Waals surface area contributed by atoms with Crippen LogP contribution in [0.25, 0.3) is 110 Å². The summed E-state index contributed by atoms with van der Waals surface area (Å²) >= 11 is 0. The summed E-state index contributed by atoms with van der Waals surface area (Å²) in [6.45, 7) is 40.3. The van der Waals surface area contributed by atoms with Gasteiger partial charge in [-0.1, -0.05) is 219 Å². The van der Waals surface area contributed by atoms with Crippen LogP contribution >= 0.6 is 0 Å². The van der Waals surface area contributed by atoms with Gasteiger partial charge in [-0.25, -0.2) is 0 Å². The third-order valence-corrected chi connectivity index (χ3v) is 32.4.